The summed E-state index contributed by atoms with van der Waals surface area (Å²) in [5, 5.41) is 13.8. The minimum atomic E-state index is -0.364. The zero-order chi connectivity index (χ0) is 16.6. The van der Waals surface area contributed by atoms with Crippen molar-refractivity contribution in [3.05, 3.63) is 33.9 Å². The molecule has 0 saturated heterocycles. The molecule has 0 aromatic carbocycles. The Kier molecular flexibility index (Phi) is 3.43. The second-order valence-corrected chi connectivity index (χ2v) is 5.66. The van der Waals surface area contributed by atoms with E-state index in [9.17, 15) is 4.79 Å². The first-order chi connectivity index (χ1) is 11.0. The lowest BCUT2D eigenvalue weighted by Gasteiger charge is -2.12. The lowest BCUT2D eigenvalue weighted by Crippen LogP contribution is -2.23. The topological polar surface area (TPSA) is 92.6 Å². The van der Waals surface area contributed by atoms with E-state index >= 15 is 0 Å². The van der Waals surface area contributed by atoms with Crippen LogP contribution in [0.2, 0.25) is 0 Å². The summed E-state index contributed by atoms with van der Waals surface area (Å²) < 4.78 is 17.1. The standard InChI is InChI=1S/C12H15N7O2S/c1-8(2)18-10(7-21-11-13-4-5-22-11)9(6-14-18)19-12(20)17(3)15-16-19/h4-6,8H,7H2,1-3H3/i4T. The molecule has 0 N–H and O–H groups in total. The van der Waals surface area contributed by atoms with Gasteiger partial charge in [-0.15, -0.1) is 0 Å². The predicted molar refractivity (Wildman–Crippen MR) is 79.2 cm³/mol. The fraction of sp³-hybridized carbons (Fsp3) is 0.417. The molecule has 0 spiro atoms. The van der Waals surface area contributed by atoms with E-state index in [-0.39, 0.29) is 24.5 Å². The van der Waals surface area contributed by atoms with E-state index in [4.69, 9.17) is 6.11 Å². The molecule has 0 bridgehead atoms. The molecule has 0 aliphatic carbocycles. The summed E-state index contributed by atoms with van der Waals surface area (Å²) in [6, 6.07) is 0.0813. The highest BCUT2D eigenvalue weighted by molar-refractivity contribution is 7.11. The molecule has 0 aliphatic rings. The van der Waals surface area contributed by atoms with Crippen molar-refractivity contribution in [2.75, 3.05) is 0 Å². The van der Waals surface area contributed by atoms with Crippen molar-refractivity contribution in [1.82, 2.24) is 34.6 Å². The molecular formula is C12H15N7O2S. The Bertz CT molecular complexity index is 878. The number of tetrazole rings is 1. The highest BCUT2D eigenvalue weighted by Crippen LogP contribution is 2.20. The third-order valence-corrected chi connectivity index (χ3v) is 3.65. The van der Waals surface area contributed by atoms with Crippen LogP contribution in [0.5, 0.6) is 5.19 Å². The van der Waals surface area contributed by atoms with Gasteiger partial charge >= 0.3 is 5.69 Å². The number of hydrogen-bond acceptors (Lipinski definition) is 7. The number of nitrogens with zero attached hydrogens (tertiary/aromatic N) is 7. The average molecular weight is 323 g/mol. The largest absolute Gasteiger partial charge is 0.463 e. The molecule has 22 heavy (non-hydrogen) atoms. The molecule has 3 rings (SSSR count). The molecule has 9 nitrogen and oxygen atoms in total. The van der Waals surface area contributed by atoms with Crippen LogP contribution in [0.15, 0.2) is 22.5 Å². The van der Waals surface area contributed by atoms with Crippen LogP contribution >= 0.6 is 11.3 Å². The molecule has 0 saturated carbocycles. The van der Waals surface area contributed by atoms with Crippen LogP contribution < -0.4 is 10.4 Å². The number of thiazole rings is 1. The van der Waals surface area contributed by atoms with Crippen molar-refractivity contribution in [2.24, 2.45) is 7.05 Å². The van der Waals surface area contributed by atoms with Gasteiger partial charge < -0.3 is 4.74 Å². The van der Waals surface area contributed by atoms with E-state index in [0.29, 0.717) is 16.6 Å². The molecular weight excluding hydrogens is 306 g/mol. The average Bonchev–Trinajstić information content (AvgIpc) is 3.18. The second-order valence-electron chi connectivity index (χ2n) is 4.84. The van der Waals surface area contributed by atoms with E-state index in [0.717, 1.165) is 4.68 Å². The van der Waals surface area contributed by atoms with E-state index in [2.05, 4.69) is 20.5 Å². The van der Waals surface area contributed by atoms with Crippen LogP contribution in [0.4, 0.5) is 0 Å². The lowest BCUT2D eigenvalue weighted by atomic mass is 10.3. The third-order valence-electron chi connectivity index (χ3n) is 3.02. The fourth-order valence-electron chi connectivity index (χ4n) is 1.98. The van der Waals surface area contributed by atoms with Gasteiger partial charge in [-0.3, -0.25) is 4.68 Å². The van der Waals surface area contributed by atoms with Crippen LogP contribution in [-0.2, 0) is 13.7 Å². The molecule has 0 aliphatic heterocycles. The molecule has 116 valence electrons. The van der Waals surface area contributed by atoms with Gasteiger partial charge in [0.05, 0.1) is 7.57 Å². The van der Waals surface area contributed by atoms with Crippen LogP contribution in [0.3, 0.4) is 0 Å². The zero-order valence-corrected chi connectivity index (χ0v) is 13.1. The van der Waals surface area contributed by atoms with Gasteiger partial charge in [0.1, 0.15) is 18.0 Å². The monoisotopic (exact) mass is 323 g/mol. The van der Waals surface area contributed by atoms with Gasteiger partial charge in [0.2, 0.25) is 0 Å². The lowest BCUT2D eigenvalue weighted by molar-refractivity contribution is 0.285. The van der Waals surface area contributed by atoms with Crippen molar-refractivity contribution < 1.29 is 6.11 Å². The molecule has 3 aromatic heterocycles. The molecule has 0 fully saturated rings. The van der Waals surface area contributed by atoms with Gasteiger partial charge in [0.25, 0.3) is 5.19 Å². The second kappa shape index (κ2) is 5.72. The Balaban J connectivity index is 1.97. The predicted octanol–water partition coefficient (Wildman–Crippen LogP) is 0.779. The highest BCUT2D eigenvalue weighted by atomic mass is 32.1. The highest BCUT2D eigenvalue weighted by Gasteiger charge is 2.19. The molecule has 3 heterocycles. The maximum atomic E-state index is 12.1. The molecule has 0 amide bonds. The third kappa shape index (κ3) is 2.52. The van der Waals surface area contributed by atoms with Crippen molar-refractivity contribution in [3.8, 4) is 10.9 Å². The number of ether oxygens (including phenoxy) is 1. The minimum Gasteiger partial charge on any atom is -0.463 e. The quantitative estimate of drug-likeness (QED) is 0.689. The smallest absolute Gasteiger partial charge is 0.368 e. The van der Waals surface area contributed by atoms with E-state index in [1.54, 1.807) is 16.3 Å². The number of aromatic nitrogens is 7. The Labute approximate surface area is 131 Å². The summed E-state index contributed by atoms with van der Waals surface area (Å²) in [6.45, 7) is 4.11. The van der Waals surface area contributed by atoms with Crippen LogP contribution in [0, 0.1) is 0 Å². The number of aryl methyl sites for hydroxylation is 1. The summed E-state index contributed by atoms with van der Waals surface area (Å²) in [6.07, 6.45) is 1.72. The first-order valence-electron chi connectivity index (χ1n) is 7.08. The van der Waals surface area contributed by atoms with Gasteiger partial charge in [-0.05, 0) is 24.3 Å². The first-order valence-corrected chi connectivity index (χ1v) is 7.46. The first kappa shape index (κ1) is 13.2. The summed E-state index contributed by atoms with van der Waals surface area (Å²) in [4.78, 5) is 16.0. The zero-order valence-electron chi connectivity index (χ0n) is 13.3. The van der Waals surface area contributed by atoms with E-state index < -0.39 is 0 Å². The molecule has 0 unspecified atom stereocenters. The Morgan fingerprint density at radius 3 is 2.86 bits per heavy atom. The minimum absolute atomic E-state index is 0.0813. The Morgan fingerprint density at radius 1 is 1.45 bits per heavy atom. The number of rotatable bonds is 5. The van der Waals surface area contributed by atoms with Crippen molar-refractivity contribution in [2.45, 2.75) is 26.5 Å². The maximum Gasteiger partial charge on any atom is 0.368 e. The van der Waals surface area contributed by atoms with Gasteiger partial charge in [-0.2, -0.15) is 14.5 Å². The Morgan fingerprint density at radius 2 is 2.27 bits per heavy atom. The summed E-state index contributed by atoms with van der Waals surface area (Å²) in [5.41, 5.74) is 0.834. The SMILES string of the molecule is [3H]c1csc(OCc2c(-n3nnn(C)c3=O)cnn2C(C)C)n1. The van der Waals surface area contributed by atoms with Gasteiger partial charge in [0.15, 0.2) is 0 Å². The molecule has 0 radical (unpaired) electrons. The molecule has 0 atom stereocenters. The van der Waals surface area contributed by atoms with E-state index in [1.807, 2.05) is 13.8 Å². The van der Waals surface area contributed by atoms with E-state index in [1.165, 1.54) is 23.1 Å². The summed E-state index contributed by atoms with van der Waals surface area (Å²) in [7, 11) is 1.53. The van der Waals surface area contributed by atoms with Crippen LogP contribution in [0.1, 0.15) is 27.0 Å². The van der Waals surface area contributed by atoms with Crippen LogP contribution in [0.25, 0.3) is 5.69 Å². The van der Waals surface area contributed by atoms with Crippen molar-refractivity contribution in [3.63, 3.8) is 0 Å². The van der Waals surface area contributed by atoms with Crippen molar-refractivity contribution in [1.29, 1.82) is 0 Å². The van der Waals surface area contributed by atoms with Crippen molar-refractivity contribution >= 4 is 11.3 Å². The molecule has 3 aromatic rings. The molecule has 10 heteroatoms. The van der Waals surface area contributed by atoms with Gasteiger partial charge in [-0.1, -0.05) is 11.3 Å². The summed E-state index contributed by atoms with van der Waals surface area (Å²) in [5.74, 6) is 0. The number of hydrogen-bond donors (Lipinski definition) is 0. The summed E-state index contributed by atoms with van der Waals surface area (Å²) >= 11 is 1.24. The van der Waals surface area contributed by atoms with Gasteiger partial charge in [-0.25, -0.2) is 9.78 Å². The normalized spacial score (nSPS) is 11.9. The van der Waals surface area contributed by atoms with Crippen LogP contribution in [-0.4, -0.2) is 34.6 Å². The fourth-order valence-corrected chi connectivity index (χ4v) is 2.42. The maximum absolute atomic E-state index is 12.1. The Hall–Kier alpha value is -2.49. The van der Waals surface area contributed by atoms with Gasteiger partial charge in [0, 0.05) is 24.6 Å².